The SMILES string of the molecule is NCC(N)C(=O)OCCS(=O)(=O)CCS(=O)(=O)CCS(=O)(=O)CCOc1cccc2c1CC(c1ccccc1C(F)(F)F)=C2. The molecule has 4 N–H and O–H groups in total. The van der Waals surface area contributed by atoms with Gasteiger partial charge in [-0.15, -0.1) is 0 Å². The third-order valence-electron chi connectivity index (χ3n) is 6.70. The van der Waals surface area contributed by atoms with Gasteiger partial charge in [0.1, 0.15) is 25.0 Å². The second kappa shape index (κ2) is 14.4. The van der Waals surface area contributed by atoms with Gasteiger partial charge in [-0.3, -0.25) is 4.79 Å². The summed E-state index contributed by atoms with van der Waals surface area (Å²) < 4.78 is 125. The van der Waals surface area contributed by atoms with Crippen LogP contribution in [0, 0.1) is 0 Å². The van der Waals surface area contributed by atoms with Crippen LogP contribution in [0.3, 0.4) is 0 Å². The first-order valence-corrected chi connectivity index (χ1v) is 18.7. The molecule has 1 atom stereocenters. The Morgan fingerprint density at radius 1 is 0.818 bits per heavy atom. The first kappa shape index (κ1) is 35.5. The predicted octanol–water partition coefficient (Wildman–Crippen LogP) is 1.25. The van der Waals surface area contributed by atoms with E-state index in [2.05, 4.69) is 4.74 Å². The number of esters is 1. The number of carbonyl (C=O) groups is 1. The average molecular weight is 683 g/mol. The molecular weight excluding hydrogens is 649 g/mol. The minimum atomic E-state index is -4.54. The quantitative estimate of drug-likeness (QED) is 0.243. The van der Waals surface area contributed by atoms with Crippen LogP contribution in [0.2, 0.25) is 0 Å². The number of rotatable bonds is 16. The van der Waals surface area contributed by atoms with E-state index in [4.69, 9.17) is 16.2 Å². The first-order chi connectivity index (χ1) is 20.4. The summed E-state index contributed by atoms with van der Waals surface area (Å²) in [6, 6.07) is 8.98. The molecule has 2 aromatic rings. The Balaban J connectivity index is 1.50. The van der Waals surface area contributed by atoms with Gasteiger partial charge in [0.15, 0.2) is 29.5 Å². The number of nitrogens with two attached hydrogens (primary N) is 2. The van der Waals surface area contributed by atoms with Crippen LogP contribution in [-0.4, -0.2) is 91.5 Å². The standard InChI is InChI=1S/C27H33F3N2O9S3/c28-27(29,30)23-6-2-1-5-21(23)20-16-19-4-3-7-25(22(19)17-20)40-8-10-42(34,35)12-14-44(38,39)15-13-43(36,37)11-9-41-26(33)24(32)18-31/h1-7,16,24H,8-15,17-18,31-32H2. The highest BCUT2D eigenvalue weighted by Gasteiger charge is 2.34. The van der Waals surface area contributed by atoms with E-state index in [0.717, 1.165) is 6.07 Å². The smallest absolute Gasteiger partial charge is 0.416 e. The van der Waals surface area contributed by atoms with Crippen molar-refractivity contribution in [2.24, 2.45) is 11.5 Å². The maximum Gasteiger partial charge on any atom is 0.416 e. The van der Waals surface area contributed by atoms with Gasteiger partial charge in [-0.1, -0.05) is 36.4 Å². The van der Waals surface area contributed by atoms with Crippen molar-refractivity contribution in [1.82, 2.24) is 0 Å². The average Bonchev–Trinajstić information content (AvgIpc) is 3.40. The first-order valence-electron chi connectivity index (χ1n) is 13.3. The van der Waals surface area contributed by atoms with Crippen LogP contribution in [0.4, 0.5) is 13.2 Å². The van der Waals surface area contributed by atoms with E-state index in [1.54, 1.807) is 24.3 Å². The summed E-state index contributed by atoms with van der Waals surface area (Å²) in [5, 5.41) is 0. The van der Waals surface area contributed by atoms with Gasteiger partial charge < -0.3 is 20.9 Å². The molecule has 1 aliphatic rings. The van der Waals surface area contributed by atoms with Crippen LogP contribution >= 0.6 is 0 Å². The van der Waals surface area contributed by atoms with Gasteiger partial charge in [0.05, 0.1) is 40.1 Å². The van der Waals surface area contributed by atoms with Crippen molar-refractivity contribution in [2.45, 2.75) is 18.6 Å². The molecule has 0 fully saturated rings. The van der Waals surface area contributed by atoms with E-state index in [1.807, 2.05) is 0 Å². The van der Waals surface area contributed by atoms with Crippen LogP contribution in [0.1, 0.15) is 22.3 Å². The van der Waals surface area contributed by atoms with Crippen LogP contribution in [0.15, 0.2) is 42.5 Å². The number of benzene rings is 2. The van der Waals surface area contributed by atoms with E-state index < -0.39 is 94.4 Å². The zero-order chi connectivity index (χ0) is 32.8. The number of halogens is 3. The van der Waals surface area contributed by atoms with E-state index in [-0.39, 0.29) is 25.1 Å². The molecule has 0 aliphatic heterocycles. The van der Waals surface area contributed by atoms with E-state index in [9.17, 15) is 43.2 Å². The minimum Gasteiger partial charge on any atom is -0.492 e. The fourth-order valence-corrected chi connectivity index (χ4v) is 9.57. The zero-order valence-electron chi connectivity index (χ0n) is 23.5. The Hall–Kier alpha value is -2.99. The lowest BCUT2D eigenvalue weighted by molar-refractivity contribution is -0.144. The zero-order valence-corrected chi connectivity index (χ0v) is 25.9. The number of ether oxygens (including phenoxy) is 2. The Kier molecular flexibility index (Phi) is 11.6. The molecule has 11 nitrogen and oxygen atoms in total. The molecule has 0 aromatic heterocycles. The Bertz CT molecular complexity index is 1710. The van der Waals surface area contributed by atoms with E-state index in [1.165, 1.54) is 18.2 Å². The number of alkyl halides is 3. The number of sulfone groups is 3. The van der Waals surface area contributed by atoms with Crippen molar-refractivity contribution in [3.05, 3.63) is 64.7 Å². The van der Waals surface area contributed by atoms with Crippen LogP contribution < -0.4 is 16.2 Å². The number of carbonyl (C=O) groups excluding carboxylic acids is 1. The van der Waals surface area contributed by atoms with Crippen molar-refractivity contribution in [3.8, 4) is 5.75 Å². The van der Waals surface area contributed by atoms with E-state index >= 15 is 0 Å². The molecule has 2 aromatic carbocycles. The van der Waals surface area contributed by atoms with E-state index in [0.29, 0.717) is 22.4 Å². The molecule has 1 unspecified atom stereocenters. The Morgan fingerprint density at radius 2 is 1.39 bits per heavy atom. The van der Waals surface area contributed by atoms with Crippen LogP contribution in [-0.2, 0) is 51.6 Å². The molecule has 17 heteroatoms. The van der Waals surface area contributed by atoms with Gasteiger partial charge in [-0.25, -0.2) is 25.3 Å². The lowest BCUT2D eigenvalue weighted by atomic mass is 9.97. The second-order valence-corrected chi connectivity index (χ2v) is 16.9. The highest BCUT2D eigenvalue weighted by molar-refractivity contribution is 7.96. The number of allylic oxidation sites excluding steroid dienone is 1. The molecule has 244 valence electrons. The maximum absolute atomic E-state index is 13.5. The van der Waals surface area contributed by atoms with Crippen molar-refractivity contribution < 1.29 is 52.7 Å². The largest absolute Gasteiger partial charge is 0.492 e. The van der Waals surface area contributed by atoms with Crippen LogP contribution in [0.5, 0.6) is 5.75 Å². The number of fused-ring (bicyclic) bond motifs is 1. The molecule has 0 radical (unpaired) electrons. The summed E-state index contributed by atoms with van der Waals surface area (Å²) in [7, 11) is -11.9. The molecule has 0 saturated heterocycles. The Labute approximate surface area is 254 Å². The lowest BCUT2D eigenvalue weighted by Gasteiger charge is -2.14. The molecule has 0 heterocycles. The molecule has 0 saturated carbocycles. The summed E-state index contributed by atoms with van der Waals surface area (Å²) in [6.45, 7) is -1.07. The highest BCUT2D eigenvalue weighted by atomic mass is 32.2. The molecule has 0 spiro atoms. The normalized spacial score (nSPS) is 14.5. The van der Waals surface area contributed by atoms with Crippen molar-refractivity contribution >= 4 is 47.1 Å². The molecule has 1 aliphatic carbocycles. The summed E-state index contributed by atoms with van der Waals surface area (Å²) in [5.74, 6) is -4.97. The fraction of sp³-hybridized carbons (Fsp3) is 0.444. The number of hydrogen-bond acceptors (Lipinski definition) is 11. The summed E-state index contributed by atoms with van der Waals surface area (Å²) >= 11 is 0. The lowest BCUT2D eigenvalue weighted by Crippen LogP contribution is -2.39. The molecule has 0 bridgehead atoms. The number of hydrogen-bond donors (Lipinski definition) is 2. The Morgan fingerprint density at radius 3 is 1.98 bits per heavy atom. The topological polar surface area (TPSA) is 190 Å². The molecule has 0 amide bonds. The summed E-state index contributed by atoms with van der Waals surface area (Å²) in [6.07, 6.45) is -2.79. The third-order valence-corrected chi connectivity index (χ3v) is 12.1. The van der Waals surface area contributed by atoms with Gasteiger partial charge >= 0.3 is 12.1 Å². The van der Waals surface area contributed by atoms with Crippen molar-refractivity contribution in [1.29, 1.82) is 0 Å². The van der Waals surface area contributed by atoms with Crippen molar-refractivity contribution in [3.63, 3.8) is 0 Å². The van der Waals surface area contributed by atoms with Gasteiger partial charge in [-0.05, 0) is 28.8 Å². The van der Waals surface area contributed by atoms with Gasteiger partial charge in [0.25, 0.3) is 0 Å². The molecule has 44 heavy (non-hydrogen) atoms. The molecule has 3 rings (SSSR count). The van der Waals surface area contributed by atoms with Crippen LogP contribution in [0.25, 0.3) is 11.6 Å². The van der Waals surface area contributed by atoms with Crippen molar-refractivity contribution in [2.75, 3.05) is 54.3 Å². The summed E-state index contributed by atoms with van der Waals surface area (Å²) in [4.78, 5) is 11.4. The monoisotopic (exact) mass is 682 g/mol. The molecular formula is C27H33F3N2O9S3. The minimum absolute atomic E-state index is 0.0365. The van der Waals surface area contributed by atoms with Gasteiger partial charge in [0, 0.05) is 18.5 Å². The predicted molar refractivity (Wildman–Crippen MR) is 159 cm³/mol. The highest BCUT2D eigenvalue weighted by Crippen LogP contribution is 2.41. The van der Waals surface area contributed by atoms with Gasteiger partial charge in [0.2, 0.25) is 0 Å². The maximum atomic E-state index is 13.5. The summed E-state index contributed by atoms with van der Waals surface area (Å²) in [5.41, 5.74) is 11.5. The van der Waals surface area contributed by atoms with Gasteiger partial charge in [-0.2, -0.15) is 13.2 Å². The second-order valence-electron chi connectivity index (χ2n) is 10.0. The third kappa shape index (κ3) is 10.3. The fourth-order valence-electron chi connectivity index (χ4n) is 4.22.